The van der Waals surface area contributed by atoms with Gasteiger partial charge in [0.1, 0.15) is 0 Å². The summed E-state index contributed by atoms with van der Waals surface area (Å²) < 4.78 is 1.98. The Kier molecular flexibility index (Phi) is 4.96. The molecule has 1 aromatic carbocycles. The molecule has 0 spiro atoms. The van der Waals surface area contributed by atoms with E-state index in [-0.39, 0.29) is 5.91 Å². The molecule has 1 amide bonds. The second kappa shape index (κ2) is 6.73. The van der Waals surface area contributed by atoms with Gasteiger partial charge < -0.3 is 5.32 Å². The number of nitrogens with zero attached hydrogens (tertiary/aromatic N) is 1. The molecule has 0 atom stereocenters. The van der Waals surface area contributed by atoms with Crippen molar-refractivity contribution in [1.82, 2.24) is 0 Å². The van der Waals surface area contributed by atoms with Crippen LogP contribution in [-0.2, 0) is 11.3 Å². The molecule has 3 nitrogen and oxygen atoms in total. The van der Waals surface area contributed by atoms with Crippen molar-refractivity contribution in [3.63, 3.8) is 0 Å². The maximum absolute atomic E-state index is 12.4. The Morgan fingerprint density at radius 2 is 1.77 bits per heavy atom. The first-order valence-corrected chi connectivity index (χ1v) is 7.75. The average Bonchev–Trinajstić information content (AvgIpc) is 2.46. The van der Waals surface area contributed by atoms with Crippen molar-refractivity contribution in [1.29, 1.82) is 0 Å². The molecule has 1 aromatic heterocycles. The first kappa shape index (κ1) is 16.2. The second-order valence-electron chi connectivity index (χ2n) is 6.15. The first-order valence-electron chi connectivity index (χ1n) is 7.75. The summed E-state index contributed by atoms with van der Waals surface area (Å²) in [5, 5.41) is 3.10. The zero-order valence-corrected chi connectivity index (χ0v) is 14.1. The van der Waals surface area contributed by atoms with Crippen LogP contribution in [0.25, 0.3) is 0 Å². The maximum atomic E-state index is 12.4. The smallest absolute Gasteiger partial charge is 0.290 e. The van der Waals surface area contributed by atoms with Crippen molar-refractivity contribution in [3.8, 4) is 0 Å². The van der Waals surface area contributed by atoms with Crippen LogP contribution in [0.5, 0.6) is 0 Å². The Morgan fingerprint density at radius 1 is 1.09 bits per heavy atom. The fraction of sp³-hybridized carbons (Fsp3) is 0.368. The monoisotopic (exact) mass is 297 g/mol. The summed E-state index contributed by atoms with van der Waals surface area (Å²) in [6.07, 6.45) is 1.95. The molecule has 0 fully saturated rings. The summed E-state index contributed by atoms with van der Waals surface area (Å²) in [4.78, 5) is 12.4. The van der Waals surface area contributed by atoms with Gasteiger partial charge in [0.25, 0.3) is 5.91 Å². The quantitative estimate of drug-likeness (QED) is 0.858. The highest BCUT2D eigenvalue weighted by Crippen LogP contribution is 2.27. The number of pyridine rings is 1. The van der Waals surface area contributed by atoms with Gasteiger partial charge in [-0.25, -0.2) is 0 Å². The number of nitrogens with one attached hydrogen (secondary N) is 1. The Labute approximate surface area is 133 Å². The normalized spacial score (nSPS) is 10.8. The second-order valence-corrected chi connectivity index (χ2v) is 6.15. The van der Waals surface area contributed by atoms with Gasteiger partial charge in [-0.2, -0.15) is 4.57 Å². The van der Waals surface area contributed by atoms with Crippen LogP contribution < -0.4 is 9.88 Å². The number of carbonyl (C=O) groups excluding carboxylic acids is 1. The van der Waals surface area contributed by atoms with Gasteiger partial charge >= 0.3 is 0 Å². The van der Waals surface area contributed by atoms with Crippen LogP contribution in [0.3, 0.4) is 0 Å². The number of carbonyl (C=O) groups is 1. The molecule has 116 valence electrons. The number of benzene rings is 1. The van der Waals surface area contributed by atoms with Crippen LogP contribution in [0.15, 0.2) is 36.5 Å². The van der Waals surface area contributed by atoms with Crippen molar-refractivity contribution in [3.05, 3.63) is 58.9 Å². The molecular formula is C19H25N2O+. The molecule has 3 heteroatoms. The summed E-state index contributed by atoms with van der Waals surface area (Å²) in [5.41, 5.74) is 5.54. The third-order valence-corrected chi connectivity index (χ3v) is 4.12. The molecule has 2 rings (SSSR count). The van der Waals surface area contributed by atoms with Gasteiger partial charge in [-0.05, 0) is 37.0 Å². The number of hydrogen-bond donors (Lipinski definition) is 1. The third kappa shape index (κ3) is 3.53. The number of hydrogen-bond acceptors (Lipinski definition) is 1. The lowest BCUT2D eigenvalue weighted by atomic mass is 9.98. The van der Waals surface area contributed by atoms with Crippen molar-refractivity contribution in [2.75, 3.05) is 5.32 Å². The molecule has 0 aliphatic carbocycles. The highest BCUT2D eigenvalue weighted by molar-refractivity contribution is 5.91. The molecule has 0 aliphatic heterocycles. The highest BCUT2D eigenvalue weighted by Gasteiger charge is 2.17. The Morgan fingerprint density at radius 3 is 2.45 bits per heavy atom. The van der Waals surface area contributed by atoms with Gasteiger partial charge in [0.2, 0.25) is 6.54 Å². The fourth-order valence-corrected chi connectivity index (χ4v) is 2.60. The van der Waals surface area contributed by atoms with Gasteiger partial charge in [-0.15, -0.1) is 0 Å². The number of anilines is 1. The van der Waals surface area contributed by atoms with Crippen LogP contribution in [0.1, 0.15) is 42.1 Å². The largest absolute Gasteiger partial charge is 0.320 e. The van der Waals surface area contributed by atoms with Gasteiger partial charge in [0, 0.05) is 24.2 Å². The SMILES string of the molecule is Cc1cccc(C(C)C)c1NC(=O)C[n+]1cccc(C)c1C. The molecule has 0 aliphatic rings. The lowest BCUT2D eigenvalue weighted by molar-refractivity contribution is -0.690. The van der Waals surface area contributed by atoms with E-state index < -0.39 is 0 Å². The zero-order chi connectivity index (χ0) is 16.3. The lowest BCUT2D eigenvalue weighted by Crippen LogP contribution is -2.43. The van der Waals surface area contributed by atoms with Crippen molar-refractivity contribution >= 4 is 11.6 Å². The number of para-hydroxylation sites is 1. The van der Waals surface area contributed by atoms with E-state index in [0.29, 0.717) is 12.5 Å². The average molecular weight is 297 g/mol. The molecule has 0 saturated carbocycles. The predicted molar refractivity (Wildman–Crippen MR) is 90.0 cm³/mol. The molecular weight excluding hydrogens is 272 g/mol. The van der Waals surface area contributed by atoms with E-state index in [1.165, 1.54) is 11.1 Å². The fourth-order valence-electron chi connectivity index (χ4n) is 2.60. The topological polar surface area (TPSA) is 33.0 Å². The summed E-state index contributed by atoms with van der Waals surface area (Å²) in [7, 11) is 0. The lowest BCUT2D eigenvalue weighted by Gasteiger charge is -2.16. The number of rotatable bonds is 4. The van der Waals surface area contributed by atoms with Crippen LogP contribution in [0.2, 0.25) is 0 Å². The molecule has 2 aromatic rings. The van der Waals surface area contributed by atoms with Crippen LogP contribution in [0, 0.1) is 20.8 Å². The minimum atomic E-state index is 0.00917. The Balaban J connectivity index is 2.21. The van der Waals surface area contributed by atoms with Gasteiger partial charge in [0.05, 0.1) is 0 Å². The summed E-state index contributed by atoms with van der Waals surface area (Å²) in [6.45, 7) is 10.7. The van der Waals surface area contributed by atoms with Crippen LogP contribution in [0.4, 0.5) is 5.69 Å². The molecule has 0 radical (unpaired) electrons. The molecule has 0 saturated heterocycles. The van der Waals surface area contributed by atoms with Crippen molar-refractivity contribution in [2.24, 2.45) is 0 Å². The highest BCUT2D eigenvalue weighted by atomic mass is 16.1. The van der Waals surface area contributed by atoms with E-state index in [1.807, 2.05) is 42.8 Å². The Hall–Kier alpha value is -2.16. The Bertz CT molecular complexity index is 690. The number of aryl methyl sites for hydroxylation is 2. The number of aromatic nitrogens is 1. The predicted octanol–water partition coefficient (Wildman–Crippen LogP) is 3.66. The van der Waals surface area contributed by atoms with Crippen molar-refractivity contribution < 1.29 is 9.36 Å². The first-order chi connectivity index (χ1) is 10.4. The zero-order valence-electron chi connectivity index (χ0n) is 14.1. The molecule has 22 heavy (non-hydrogen) atoms. The van der Waals surface area contributed by atoms with E-state index in [2.05, 4.69) is 38.2 Å². The minimum absolute atomic E-state index is 0.00917. The van der Waals surface area contributed by atoms with Gasteiger partial charge in [0.15, 0.2) is 11.9 Å². The van der Waals surface area contributed by atoms with Gasteiger partial charge in [-0.3, -0.25) is 4.79 Å². The van der Waals surface area contributed by atoms with E-state index in [1.54, 1.807) is 0 Å². The third-order valence-electron chi connectivity index (χ3n) is 4.12. The minimum Gasteiger partial charge on any atom is -0.320 e. The molecule has 0 unspecified atom stereocenters. The standard InChI is InChI=1S/C19H24N2O/c1-13(2)17-10-6-8-15(4)19(17)20-18(22)12-21-11-7-9-14(3)16(21)5/h6-11,13H,12H2,1-5H3/p+1. The van der Waals surface area contributed by atoms with Gasteiger partial charge in [-0.1, -0.05) is 32.0 Å². The summed E-state index contributed by atoms with van der Waals surface area (Å²) in [6, 6.07) is 10.2. The number of amides is 1. The van der Waals surface area contributed by atoms with E-state index in [9.17, 15) is 4.79 Å². The van der Waals surface area contributed by atoms with E-state index >= 15 is 0 Å². The maximum Gasteiger partial charge on any atom is 0.290 e. The van der Waals surface area contributed by atoms with E-state index in [0.717, 1.165) is 16.9 Å². The van der Waals surface area contributed by atoms with Crippen molar-refractivity contribution in [2.45, 2.75) is 47.1 Å². The molecule has 1 N–H and O–H groups in total. The van der Waals surface area contributed by atoms with Crippen LogP contribution >= 0.6 is 0 Å². The van der Waals surface area contributed by atoms with Crippen LogP contribution in [-0.4, -0.2) is 5.91 Å². The van der Waals surface area contributed by atoms with E-state index in [4.69, 9.17) is 0 Å². The summed E-state index contributed by atoms with van der Waals surface area (Å²) in [5.74, 6) is 0.387. The summed E-state index contributed by atoms with van der Waals surface area (Å²) >= 11 is 0. The molecule has 1 heterocycles. The molecule has 0 bridgehead atoms.